The number of amides is 3. The maximum Gasteiger partial charge on any atom is 0.329 e. The molecule has 1 aromatic rings. The van der Waals surface area contributed by atoms with Gasteiger partial charge in [-0.3, -0.25) is 19.4 Å². The second kappa shape index (κ2) is 19.3. The molecule has 1 aliphatic carbocycles. The van der Waals surface area contributed by atoms with Gasteiger partial charge in [0.15, 0.2) is 0 Å². The summed E-state index contributed by atoms with van der Waals surface area (Å²) < 4.78 is 5.27. The lowest BCUT2D eigenvalue weighted by Gasteiger charge is -2.36. The largest absolute Gasteiger partial charge is 0.464 e. The predicted molar refractivity (Wildman–Crippen MR) is 169 cm³/mol. The molecule has 244 valence electrons. The summed E-state index contributed by atoms with van der Waals surface area (Å²) in [5.41, 5.74) is -0.550. The molecule has 1 aromatic heterocycles. The van der Waals surface area contributed by atoms with Crippen molar-refractivity contribution >= 4 is 23.7 Å². The van der Waals surface area contributed by atoms with Gasteiger partial charge in [-0.05, 0) is 43.9 Å². The summed E-state index contributed by atoms with van der Waals surface area (Å²) in [4.78, 5) is 61.0. The predicted octanol–water partition coefficient (Wildman–Crippen LogP) is 5.32. The smallest absolute Gasteiger partial charge is 0.329 e. The Bertz CT molecular complexity index is 991. The number of nitrogens with zero attached hydrogens (tertiary/aromatic N) is 3. The first-order valence-electron chi connectivity index (χ1n) is 16.2. The molecule has 1 saturated heterocycles. The number of esters is 1. The Morgan fingerprint density at radius 1 is 1.02 bits per heavy atom. The quantitative estimate of drug-likeness (QED) is 0.365. The highest BCUT2D eigenvalue weighted by Crippen LogP contribution is 2.32. The van der Waals surface area contributed by atoms with Crippen molar-refractivity contribution in [1.82, 2.24) is 25.5 Å². The third kappa shape index (κ3) is 12.2. The number of nitrogens with one attached hydrogen (secondary N) is 2. The molecule has 3 amide bonds. The zero-order valence-electron chi connectivity index (χ0n) is 28.1. The summed E-state index contributed by atoms with van der Waals surface area (Å²) in [6.07, 6.45) is 14.0. The molecule has 10 heteroatoms. The van der Waals surface area contributed by atoms with Crippen molar-refractivity contribution in [3.63, 3.8) is 0 Å². The summed E-state index contributed by atoms with van der Waals surface area (Å²) in [6, 6.07) is -2.48. The summed E-state index contributed by atoms with van der Waals surface area (Å²) in [6.45, 7) is 17.9. The van der Waals surface area contributed by atoms with Gasteiger partial charge in [0.2, 0.25) is 11.8 Å². The zero-order valence-corrected chi connectivity index (χ0v) is 28.1. The molecule has 4 atom stereocenters. The van der Waals surface area contributed by atoms with Crippen molar-refractivity contribution in [2.75, 3.05) is 13.2 Å². The maximum absolute atomic E-state index is 13.7. The third-order valence-corrected chi connectivity index (χ3v) is 7.82. The van der Waals surface area contributed by atoms with Gasteiger partial charge in [0.25, 0.3) is 5.91 Å². The van der Waals surface area contributed by atoms with Gasteiger partial charge in [-0.15, -0.1) is 0 Å². The Morgan fingerprint density at radius 2 is 1.67 bits per heavy atom. The molecule has 0 aromatic carbocycles. The Morgan fingerprint density at radius 3 is 2.16 bits per heavy atom. The molecule has 1 saturated carbocycles. The van der Waals surface area contributed by atoms with Crippen molar-refractivity contribution < 1.29 is 23.9 Å². The highest BCUT2D eigenvalue weighted by molar-refractivity contribution is 5.97. The SMILES string of the molecule is CC.CC1CCCCC1.CCC[C@H]1CCN(C(=O)C(NC(=O)C(C)NC(=O)c2cnccn2)C(C)(C)C)C1C(=O)OCC. The van der Waals surface area contributed by atoms with Gasteiger partial charge in [0.05, 0.1) is 12.8 Å². The van der Waals surface area contributed by atoms with Gasteiger partial charge in [0.1, 0.15) is 23.8 Å². The number of hydrogen-bond donors (Lipinski definition) is 2. The van der Waals surface area contributed by atoms with Gasteiger partial charge in [-0.1, -0.05) is 87.0 Å². The zero-order chi connectivity index (χ0) is 32.6. The minimum atomic E-state index is -0.917. The number of hydrogen-bond acceptors (Lipinski definition) is 7. The van der Waals surface area contributed by atoms with Crippen molar-refractivity contribution in [3.05, 3.63) is 24.3 Å². The summed E-state index contributed by atoms with van der Waals surface area (Å²) in [7, 11) is 0. The lowest BCUT2D eigenvalue weighted by molar-refractivity contribution is -0.156. The molecule has 43 heavy (non-hydrogen) atoms. The highest BCUT2D eigenvalue weighted by atomic mass is 16.5. The first kappa shape index (κ1) is 38.0. The minimum Gasteiger partial charge on any atom is -0.464 e. The molecule has 0 spiro atoms. The standard InChI is InChI=1S/C24H37N5O5.C7H14.C2H6/c1-7-9-16-10-13-29(18(16)23(33)34-8-2)22(32)19(24(4,5)6)28-20(30)15(3)27-21(31)17-14-25-11-12-26-17;1-7-5-3-2-4-6-7;1-2/h11-12,14-16,18-19H,7-10,13H2,1-6H3,(H,27,31)(H,28,30);7H,2-6H2,1H3;1-2H3/t15?,16-,18?,19?;;/m0../s1. The normalized spacial score (nSPS) is 19.9. The number of ether oxygens (including phenoxy) is 1. The number of rotatable bonds is 9. The molecular weight excluding hydrogens is 546 g/mol. The fourth-order valence-corrected chi connectivity index (χ4v) is 5.46. The van der Waals surface area contributed by atoms with Crippen molar-refractivity contribution in [2.24, 2.45) is 17.3 Å². The van der Waals surface area contributed by atoms with Crippen molar-refractivity contribution in [2.45, 2.75) is 132 Å². The van der Waals surface area contributed by atoms with E-state index in [0.29, 0.717) is 13.0 Å². The van der Waals surface area contributed by atoms with E-state index < -0.39 is 41.3 Å². The third-order valence-electron chi connectivity index (χ3n) is 7.82. The van der Waals surface area contributed by atoms with Gasteiger partial charge >= 0.3 is 5.97 Å². The van der Waals surface area contributed by atoms with Gasteiger partial charge < -0.3 is 20.3 Å². The molecule has 1 aliphatic heterocycles. The van der Waals surface area contributed by atoms with Crippen LogP contribution in [0.1, 0.15) is 124 Å². The van der Waals surface area contributed by atoms with E-state index in [9.17, 15) is 19.2 Å². The number of carbonyl (C=O) groups excluding carboxylic acids is 4. The van der Waals surface area contributed by atoms with E-state index in [1.54, 1.807) is 11.8 Å². The van der Waals surface area contributed by atoms with Gasteiger partial charge in [0, 0.05) is 18.9 Å². The molecular formula is C33H57N5O5. The van der Waals surface area contributed by atoms with Crippen LogP contribution >= 0.6 is 0 Å². The Kier molecular flexibility index (Phi) is 17.0. The van der Waals surface area contributed by atoms with Crippen LogP contribution in [0.15, 0.2) is 18.6 Å². The molecule has 2 N–H and O–H groups in total. The van der Waals surface area contributed by atoms with Crippen LogP contribution in [0.3, 0.4) is 0 Å². The first-order valence-corrected chi connectivity index (χ1v) is 16.2. The molecule has 2 aliphatic rings. The fourth-order valence-electron chi connectivity index (χ4n) is 5.46. The Balaban J connectivity index is 0.000000883. The van der Waals surface area contributed by atoms with Crippen LogP contribution in [0, 0.1) is 17.3 Å². The summed E-state index contributed by atoms with van der Waals surface area (Å²) in [5, 5.41) is 5.37. The average Bonchev–Trinajstić information content (AvgIpc) is 3.41. The van der Waals surface area contributed by atoms with Crippen LogP contribution in [0.5, 0.6) is 0 Å². The lowest BCUT2D eigenvalue weighted by atomic mass is 9.85. The molecule has 3 unspecified atom stereocenters. The van der Waals surface area contributed by atoms with Crippen LogP contribution in [-0.2, 0) is 19.1 Å². The molecule has 10 nitrogen and oxygen atoms in total. The van der Waals surface area contributed by atoms with E-state index in [4.69, 9.17) is 4.74 Å². The minimum absolute atomic E-state index is 0.0227. The van der Waals surface area contributed by atoms with Crippen molar-refractivity contribution in [1.29, 1.82) is 0 Å². The average molecular weight is 604 g/mol. The van der Waals surface area contributed by atoms with E-state index in [0.717, 1.165) is 18.8 Å². The molecule has 2 fully saturated rings. The number of aromatic nitrogens is 2. The number of carbonyl (C=O) groups is 4. The Labute approximate surface area is 259 Å². The molecule has 0 bridgehead atoms. The van der Waals surface area contributed by atoms with E-state index in [1.807, 2.05) is 41.5 Å². The highest BCUT2D eigenvalue weighted by Gasteiger charge is 2.46. The summed E-state index contributed by atoms with van der Waals surface area (Å²) >= 11 is 0. The molecule has 0 radical (unpaired) electrons. The van der Waals surface area contributed by atoms with Crippen LogP contribution in [0.2, 0.25) is 0 Å². The molecule has 3 rings (SSSR count). The van der Waals surface area contributed by atoms with Gasteiger partial charge in [-0.2, -0.15) is 0 Å². The fraction of sp³-hybridized carbons (Fsp3) is 0.758. The monoisotopic (exact) mass is 603 g/mol. The van der Waals surface area contributed by atoms with Crippen LogP contribution in [0.25, 0.3) is 0 Å². The van der Waals surface area contributed by atoms with E-state index in [2.05, 4.69) is 27.5 Å². The first-order chi connectivity index (χ1) is 20.4. The Hall–Kier alpha value is -3.04. The van der Waals surface area contributed by atoms with Crippen molar-refractivity contribution in [3.8, 4) is 0 Å². The summed E-state index contributed by atoms with van der Waals surface area (Å²) in [5.74, 6) is -0.732. The lowest BCUT2D eigenvalue weighted by Crippen LogP contribution is -2.59. The second-order valence-electron chi connectivity index (χ2n) is 12.4. The maximum atomic E-state index is 13.7. The van der Waals surface area contributed by atoms with Crippen LogP contribution in [0.4, 0.5) is 0 Å². The van der Waals surface area contributed by atoms with E-state index >= 15 is 0 Å². The van der Waals surface area contributed by atoms with Crippen LogP contribution in [-0.4, -0.2) is 69.8 Å². The van der Waals surface area contributed by atoms with E-state index in [-0.39, 0.29) is 24.1 Å². The molecule has 2 heterocycles. The van der Waals surface area contributed by atoms with E-state index in [1.165, 1.54) is 57.6 Å². The van der Waals surface area contributed by atoms with Gasteiger partial charge in [-0.25, -0.2) is 9.78 Å². The van der Waals surface area contributed by atoms with Crippen LogP contribution < -0.4 is 10.6 Å². The number of likely N-dealkylation sites (tertiary alicyclic amines) is 1. The second-order valence-corrected chi connectivity index (χ2v) is 12.4. The topological polar surface area (TPSA) is 131 Å².